The van der Waals surface area contributed by atoms with Gasteiger partial charge in [-0.05, 0) is 68.7 Å². The molecule has 0 saturated heterocycles. The van der Waals surface area contributed by atoms with E-state index >= 15 is 0 Å². The number of H-pyrrole nitrogens is 1. The van der Waals surface area contributed by atoms with Gasteiger partial charge in [0, 0.05) is 24.0 Å². The molecule has 0 saturated carbocycles. The zero-order valence-electron chi connectivity index (χ0n) is 24.7. The molecule has 0 aliphatic rings. The quantitative estimate of drug-likeness (QED) is 0.0890. The molecule has 10 nitrogen and oxygen atoms in total. The van der Waals surface area contributed by atoms with Crippen LogP contribution in [0.5, 0.6) is 11.5 Å². The predicted molar refractivity (Wildman–Crippen MR) is 163 cm³/mol. The lowest BCUT2D eigenvalue weighted by Gasteiger charge is -2.23. The maximum Gasteiger partial charge on any atom is 0.331 e. The first kappa shape index (κ1) is 32.4. The van der Waals surface area contributed by atoms with E-state index in [9.17, 15) is 23.2 Å². The third-order valence-electron chi connectivity index (χ3n) is 5.96. The van der Waals surface area contributed by atoms with E-state index in [-0.39, 0.29) is 31.1 Å². The van der Waals surface area contributed by atoms with Crippen LogP contribution in [-0.2, 0) is 25.5 Å². The van der Waals surface area contributed by atoms with Gasteiger partial charge in [-0.1, -0.05) is 24.1 Å². The Morgan fingerprint density at radius 3 is 2.56 bits per heavy atom. The molecule has 0 unspecified atom stereocenters. The Hall–Kier alpha value is -5.54. The first-order chi connectivity index (χ1) is 21.5. The highest BCUT2D eigenvalue weighted by Gasteiger charge is 2.22. The Labute approximate surface area is 257 Å². The standard InChI is InChI=1S/C33H30F2N4O6/c1-4-6-30(41)45-33(2,3)20-43-16-5-7-23-18-25-27(14-15-36-31(25)37-23)44-28-13-12-24(19-26(28)35)38-32(42)39-29(40)17-21-8-10-22(34)11-9-21/h4,6,8-15,18-19H,16-17,20H2,1-3H3,(H,36,37)(H2,38,39,40,42). The Balaban J connectivity index is 1.33. The molecule has 4 rings (SSSR count). The molecule has 232 valence electrons. The van der Waals surface area contributed by atoms with Gasteiger partial charge in [0.15, 0.2) is 11.6 Å². The Morgan fingerprint density at radius 2 is 1.82 bits per heavy atom. The Bertz CT molecular complexity index is 1790. The van der Waals surface area contributed by atoms with Crippen LogP contribution in [0.2, 0.25) is 0 Å². The van der Waals surface area contributed by atoms with Gasteiger partial charge < -0.3 is 24.5 Å². The van der Waals surface area contributed by atoms with Crippen molar-refractivity contribution in [3.63, 3.8) is 0 Å². The number of urea groups is 1. The van der Waals surface area contributed by atoms with Crippen molar-refractivity contribution in [2.45, 2.75) is 32.8 Å². The maximum atomic E-state index is 14.9. The van der Waals surface area contributed by atoms with E-state index in [0.717, 1.165) is 6.07 Å². The molecule has 0 radical (unpaired) electrons. The lowest BCUT2D eigenvalue weighted by molar-refractivity contribution is -0.155. The molecule has 0 fully saturated rings. The van der Waals surface area contributed by atoms with Gasteiger partial charge in [-0.2, -0.15) is 0 Å². The largest absolute Gasteiger partial charge is 0.454 e. The minimum atomic E-state index is -0.853. The summed E-state index contributed by atoms with van der Waals surface area (Å²) in [5.41, 5.74) is 0.784. The van der Waals surface area contributed by atoms with Crippen molar-refractivity contribution in [3.8, 4) is 23.3 Å². The number of allylic oxidation sites excluding steroid dienone is 1. The van der Waals surface area contributed by atoms with Gasteiger partial charge in [0.25, 0.3) is 0 Å². The number of rotatable bonds is 10. The van der Waals surface area contributed by atoms with Crippen LogP contribution in [0.1, 0.15) is 32.0 Å². The van der Waals surface area contributed by atoms with Crippen LogP contribution in [-0.4, -0.2) is 46.7 Å². The first-order valence-electron chi connectivity index (χ1n) is 13.7. The van der Waals surface area contributed by atoms with Crippen LogP contribution in [0.15, 0.2) is 72.9 Å². The lowest BCUT2D eigenvalue weighted by Crippen LogP contribution is -2.35. The maximum absolute atomic E-state index is 14.9. The summed E-state index contributed by atoms with van der Waals surface area (Å²) in [6, 6.07) is 11.5. The average Bonchev–Trinajstić information content (AvgIpc) is 3.39. The number of nitrogens with zero attached hydrogens (tertiary/aromatic N) is 1. The number of amides is 3. The number of hydrogen-bond acceptors (Lipinski definition) is 7. The van der Waals surface area contributed by atoms with E-state index in [0.29, 0.717) is 28.0 Å². The van der Waals surface area contributed by atoms with Crippen molar-refractivity contribution in [3.05, 3.63) is 95.8 Å². The number of nitrogens with one attached hydrogen (secondary N) is 3. The summed E-state index contributed by atoms with van der Waals surface area (Å²) in [5.74, 6) is 3.75. The number of hydrogen-bond donors (Lipinski definition) is 3. The van der Waals surface area contributed by atoms with Crippen LogP contribution in [0.4, 0.5) is 19.3 Å². The normalized spacial score (nSPS) is 11.1. The number of pyridine rings is 1. The molecular weight excluding hydrogens is 586 g/mol. The van der Waals surface area contributed by atoms with E-state index in [1.807, 2.05) is 0 Å². The van der Waals surface area contributed by atoms with Crippen molar-refractivity contribution in [1.29, 1.82) is 0 Å². The molecule has 45 heavy (non-hydrogen) atoms. The van der Waals surface area contributed by atoms with Gasteiger partial charge in [-0.25, -0.2) is 23.4 Å². The van der Waals surface area contributed by atoms with Crippen molar-refractivity contribution in [1.82, 2.24) is 15.3 Å². The molecule has 3 amide bonds. The summed E-state index contributed by atoms with van der Waals surface area (Å²) in [5, 5.41) is 5.09. The average molecular weight is 617 g/mol. The number of imide groups is 1. The van der Waals surface area contributed by atoms with Crippen LogP contribution in [0.3, 0.4) is 0 Å². The molecule has 2 aromatic heterocycles. The molecule has 12 heteroatoms. The van der Waals surface area contributed by atoms with Crippen molar-refractivity contribution < 1.29 is 37.4 Å². The highest BCUT2D eigenvalue weighted by atomic mass is 19.1. The molecule has 0 spiro atoms. The Kier molecular flexibility index (Phi) is 10.6. The van der Waals surface area contributed by atoms with Crippen molar-refractivity contribution in [2.24, 2.45) is 0 Å². The minimum Gasteiger partial charge on any atom is -0.454 e. The van der Waals surface area contributed by atoms with Crippen LogP contribution in [0, 0.1) is 23.5 Å². The van der Waals surface area contributed by atoms with E-state index in [1.54, 1.807) is 39.0 Å². The van der Waals surface area contributed by atoms with Crippen molar-refractivity contribution in [2.75, 3.05) is 18.5 Å². The number of carbonyl (C=O) groups is 3. The highest BCUT2D eigenvalue weighted by molar-refractivity contribution is 6.01. The molecule has 2 aromatic carbocycles. The summed E-state index contributed by atoms with van der Waals surface area (Å²) in [6.45, 7) is 5.43. The van der Waals surface area contributed by atoms with Crippen LogP contribution >= 0.6 is 0 Å². The monoisotopic (exact) mass is 616 g/mol. The third kappa shape index (κ3) is 9.74. The molecule has 0 bridgehead atoms. The van der Waals surface area contributed by atoms with Gasteiger partial charge in [0.05, 0.1) is 24.1 Å². The fourth-order valence-electron chi connectivity index (χ4n) is 4.01. The van der Waals surface area contributed by atoms with E-state index in [1.165, 1.54) is 48.7 Å². The fraction of sp³-hybridized carbons (Fsp3) is 0.212. The zero-order chi connectivity index (χ0) is 32.4. The smallest absolute Gasteiger partial charge is 0.331 e. The number of benzene rings is 2. The molecule has 3 N–H and O–H groups in total. The number of esters is 1. The second-order valence-corrected chi connectivity index (χ2v) is 10.3. The van der Waals surface area contributed by atoms with Gasteiger partial charge in [-0.3, -0.25) is 10.1 Å². The van der Waals surface area contributed by atoms with Gasteiger partial charge in [0.2, 0.25) is 5.91 Å². The number of aromatic nitrogens is 2. The molecule has 0 atom stereocenters. The van der Waals surface area contributed by atoms with E-state index in [4.69, 9.17) is 14.2 Å². The van der Waals surface area contributed by atoms with Crippen molar-refractivity contribution >= 4 is 34.6 Å². The number of ether oxygens (including phenoxy) is 3. The molecule has 2 heterocycles. The summed E-state index contributed by atoms with van der Waals surface area (Å²) in [7, 11) is 0. The summed E-state index contributed by atoms with van der Waals surface area (Å²) in [6.07, 6.45) is 4.28. The second kappa shape index (κ2) is 14.8. The minimum absolute atomic E-state index is 0.0861. The molecule has 4 aromatic rings. The molecular formula is C33H30F2N4O6. The number of carbonyl (C=O) groups excluding carboxylic acids is 3. The fourth-order valence-corrected chi connectivity index (χ4v) is 4.01. The predicted octanol–water partition coefficient (Wildman–Crippen LogP) is 5.79. The topological polar surface area (TPSA) is 132 Å². The van der Waals surface area contributed by atoms with E-state index in [2.05, 4.69) is 32.4 Å². The summed E-state index contributed by atoms with van der Waals surface area (Å²) < 4.78 is 44.6. The molecule has 0 aliphatic carbocycles. The first-order valence-corrected chi connectivity index (χ1v) is 13.7. The Morgan fingerprint density at radius 1 is 1.04 bits per heavy atom. The number of aromatic amines is 1. The van der Waals surface area contributed by atoms with E-state index < -0.39 is 35.1 Å². The SMILES string of the molecule is CC=CC(=O)OC(C)(C)COCC#Cc1cc2c(Oc3ccc(NC(=O)NC(=O)Cc4ccc(F)cc4)cc3F)ccnc2[nH]1. The summed E-state index contributed by atoms with van der Waals surface area (Å²) in [4.78, 5) is 43.3. The van der Waals surface area contributed by atoms with Gasteiger partial charge in [0.1, 0.15) is 29.4 Å². The third-order valence-corrected chi connectivity index (χ3v) is 5.96. The lowest BCUT2D eigenvalue weighted by atomic mass is 10.1. The van der Waals surface area contributed by atoms with Gasteiger partial charge >= 0.3 is 12.0 Å². The second-order valence-electron chi connectivity index (χ2n) is 10.3. The number of fused-ring (bicyclic) bond motifs is 1. The zero-order valence-corrected chi connectivity index (χ0v) is 24.7. The number of halogens is 2. The van der Waals surface area contributed by atoms with Crippen LogP contribution < -0.4 is 15.4 Å². The number of anilines is 1. The van der Waals surface area contributed by atoms with Gasteiger partial charge in [-0.15, -0.1) is 0 Å². The molecule has 0 aliphatic heterocycles. The summed E-state index contributed by atoms with van der Waals surface area (Å²) >= 11 is 0. The highest BCUT2D eigenvalue weighted by Crippen LogP contribution is 2.31. The van der Waals surface area contributed by atoms with Crippen LogP contribution in [0.25, 0.3) is 11.0 Å².